The molecule has 0 saturated carbocycles. The normalized spacial score (nSPS) is 17.1. The molecule has 0 aromatic heterocycles. The topological polar surface area (TPSA) is 52.6 Å². The SMILES string of the molecule is CCC(C)([O-])CN(C)C.CCC(C)([O-])CN(C)C.[Ni+2]. The molecule has 0 aromatic rings. The first-order valence-electron chi connectivity index (χ1n) is 6.66. The molecule has 0 aromatic carbocycles. The largest absolute Gasteiger partial charge is 2.00 e. The van der Waals surface area contributed by atoms with Crippen molar-refractivity contribution < 1.29 is 26.7 Å². The third-order valence-electron chi connectivity index (χ3n) is 2.80. The molecule has 0 spiro atoms. The van der Waals surface area contributed by atoms with Crippen LogP contribution in [0.2, 0.25) is 0 Å². The maximum absolute atomic E-state index is 11.2. The molecule has 0 rings (SSSR count). The van der Waals surface area contributed by atoms with E-state index < -0.39 is 11.2 Å². The van der Waals surface area contributed by atoms with Crippen LogP contribution >= 0.6 is 0 Å². The summed E-state index contributed by atoms with van der Waals surface area (Å²) in [4.78, 5) is 3.85. The predicted molar refractivity (Wildman–Crippen MR) is 74.5 cm³/mol. The quantitative estimate of drug-likeness (QED) is 0.654. The molecule has 0 radical (unpaired) electrons. The van der Waals surface area contributed by atoms with E-state index in [2.05, 4.69) is 0 Å². The van der Waals surface area contributed by atoms with Crippen LogP contribution in [0.3, 0.4) is 0 Å². The molecule has 0 saturated heterocycles. The van der Waals surface area contributed by atoms with Crippen molar-refractivity contribution in [2.75, 3.05) is 41.3 Å². The average molecular weight is 319 g/mol. The fraction of sp³-hybridized carbons (Fsp3) is 1.00. The number of nitrogens with zero attached hydrogens (tertiary/aromatic N) is 2. The zero-order valence-corrected chi connectivity index (χ0v) is 14.8. The minimum Gasteiger partial charge on any atom is -0.849 e. The summed E-state index contributed by atoms with van der Waals surface area (Å²) in [5.41, 5.74) is -1.52. The molecule has 0 aliphatic heterocycles. The van der Waals surface area contributed by atoms with Crippen LogP contribution in [0.4, 0.5) is 0 Å². The van der Waals surface area contributed by atoms with Crippen LogP contribution in [0.5, 0.6) is 0 Å². The Labute approximate surface area is 130 Å². The zero-order valence-electron chi connectivity index (χ0n) is 13.9. The van der Waals surface area contributed by atoms with Crippen molar-refractivity contribution in [3.05, 3.63) is 0 Å². The summed E-state index contributed by atoms with van der Waals surface area (Å²) in [5.74, 6) is 0. The molecule has 0 fully saturated rings. The molecule has 5 heteroatoms. The van der Waals surface area contributed by atoms with E-state index in [4.69, 9.17) is 0 Å². The molecule has 0 heterocycles. The van der Waals surface area contributed by atoms with Crippen molar-refractivity contribution in [3.8, 4) is 0 Å². The van der Waals surface area contributed by atoms with Gasteiger partial charge >= 0.3 is 16.5 Å². The summed E-state index contributed by atoms with van der Waals surface area (Å²) < 4.78 is 0. The van der Waals surface area contributed by atoms with E-state index in [0.717, 1.165) is 0 Å². The van der Waals surface area contributed by atoms with E-state index in [1.54, 1.807) is 13.8 Å². The Kier molecular flexibility index (Phi) is 14.2. The van der Waals surface area contributed by atoms with Crippen LogP contribution in [-0.4, -0.2) is 62.3 Å². The van der Waals surface area contributed by atoms with Gasteiger partial charge in [-0.15, -0.1) is 11.2 Å². The number of rotatable bonds is 6. The summed E-state index contributed by atoms with van der Waals surface area (Å²) >= 11 is 0. The average Bonchev–Trinajstić information content (AvgIpc) is 2.15. The second kappa shape index (κ2) is 11.0. The molecule has 0 aliphatic rings. The molecule has 0 aliphatic carbocycles. The van der Waals surface area contributed by atoms with Gasteiger partial charge in [0.05, 0.1) is 0 Å². The van der Waals surface area contributed by atoms with Crippen LogP contribution in [0.25, 0.3) is 0 Å². The van der Waals surface area contributed by atoms with Gasteiger partial charge in [-0.1, -0.05) is 40.5 Å². The van der Waals surface area contributed by atoms with E-state index in [1.165, 1.54) is 0 Å². The number of hydrogen-bond donors (Lipinski definition) is 0. The van der Waals surface area contributed by atoms with Gasteiger partial charge in [-0.05, 0) is 41.3 Å². The van der Waals surface area contributed by atoms with E-state index in [0.29, 0.717) is 25.9 Å². The smallest absolute Gasteiger partial charge is 0.849 e. The van der Waals surface area contributed by atoms with E-state index in [1.807, 2.05) is 51.8 Å². The summed E-state index contributed by atoms with van der Waals surface area (Å²) in [6.45, 7) is 8.60. The van der Waals surface area contributed by atoms with Crippen LogP contribution in [0, 0.1) is 0 Å². The van der Waals surface area contributed by atoms with Gasteiger partial charge in [-0.25, -0.2) is 0 Å². The van der Waals surface area contributed by atoms with E-state index in [-0.39, 0.29) is 16.5 Å². The summed E-state index contributed by atoms with van der Waals surface area (Å²) in [7, 11) is 7.69. The predicted octanol–water partition coefficient (Wildman–Crippen LogP) is 0.152. The first kappa shape index (κ1) is 24.4. The van der Waals surface area contributed by atoms with Crippen LogP contribution < -0.4 is 10.2 Å². The second-order valence-electron chi connectivity index (χ2n) is 6.08. The van der Waals surface area contributed by atoms with Crippen molar-refractivity contribution in [2.24, 2.45) is 0 Å². The molecule has 4 nitrogen and oxygen atoms in total. The van der Waals surface area contributed by atoms with Crippen molar-refractivity contribution in [1.29, 1.82) is 0 Å². The Bertz CT molecular complexity index is 186. The Morgan fingerprint density at radius 2 is 0.947 bits per heavy atom. The van der Waals surface area contributed by atoms with E-state index >= 15 is 0 Å². The standard InChI is InChI=1S/2C7H16NO.Ni/c2*1-5-7(2,9)6-8(3)4;/h2*5-6H2,1-4H3;/q2*-1;+2. The number of hydrogen-bond acceptors (Lipinski definition) is 4. The summed E-state index contributed by atoms with van der Waals surface area (Å²) in [5, 5.41) is 22.5. The van der Waals surface area contributed by atoms with Crippen molar-refractivity contribution in [1.82, 2.24) is 9.80 Å². The molecular weight excluding hydrogens is 287 g/mol. The van der Waals surface area contributed by atoms with E-state index in [9.17, 15) is 10.2 Å². The molecule has 0 bridgehead atoms. The molecule has 2 atom stereocenters. The molecular formula is C14H32N2NiO2. The van der Waals surface area contributed by atoms with Gasteiger partial charge in [0.2, 0.25) is 0 Å². The van der Waals surface area contributed by atoms with Gasteiger partial charge < -0.3 is 20.0 Å². The van der Waals surface area contributed by atoms with Crippen molar-refractivity contribution >= 4 is 0 Å². The fourth-order valence-electron chi connectivity index (χ4n) is 1.56. The Morgan fingerprint density at radius 1 is 0.737 bits per heavy atom. The maximum Gasteiger partial charge on any atom is 2.00 e. The minimum absolute atomic E-state index is 0. The maximum atomic E-state index is 11.2. The van der Waals surface area contributed by atoms with Crippen LogP contribution in [0.15, 0.2) is 0 Å². The Morgan fingerprint density at radius 3 is 1.00 bits per heavy atom. The Balaban J connectivity index is -0.000000256. The Hall–Kier alpha value is 0.334. The van der Waals surface area contributed by atoms with Gasteiger partial charge in [-0.2, -0.15) is 0 Å². The minimum atomic E-state index is -0.760. The first-order valence-corrected chi connectivity index (χ1v) is 6.66. The molecule has 0 amide bonds. The van der Waals surface area contributed by atoms with Crippen LogP contribution in [0.1, 0.15) is 40.5 Å². The summed E-state index contributed by atoms with van der Waals surface area (Å²) in [6.07, 6.45) is 1.40. The van der Waals surface area contributed by atoms with Gasteiger partial charge in [0.1, 0.15) is 0 Å². The first-order chi connectivity index (χ1) is 7.95. The van der Waals surface area contributed by atoms with Gasteiger partial charge in [-0.3, -0.25) is 0 Å². The molecule has 120 valence electrons. The third kappa shape index (κ3) is 18.3. The summed E-state index contributed by atoms with van der Waals surface area (Å²) in [6, 6.07) is 0. The third-order valence-corrected chi connectivity index (χ3v) is 2.80. The number of likely N-dealkylation sites (N-methyl/N-ethyl adjacent to an activating group) is 2. The molecule has 0 N–H and O–H groups in total. The monoisotopic (exact) mass is 318 g/mol. The molecule has 19 heavy (non-hydrogen) atoms. The van der Waals surface area contributed by atoms with Gasteiger partial charge in [0, 0.05) is 0 Å². The van der Waals surface area contributed by atoms with Gasteiger partial charge in [0.25, 0.3) is 0 Å². The fourth-order valence-corrected chi connectivity index (χ4v) is 1.56. The second-order valence-corrected chi connectivity index (χ2v) is 6.08. The molecule has 2 unspecified atom stereocenters. The van der Waals surface area contributed by atoms with Crippen molar-refractivity contribution in [3.63, 3.8) is 0 Å². The zero-order chi connectivity index (χ0) is 15.0. The van der Waals surface area contributed by atoms with Gasteiger partial charge in [0.15, 0.2) is 0 Å². The van der Waals surface area contributed by atoms with Crippen molar-refractivity contribution in [2.45, 2.75) is 51.7 Å². The van der Waals surface area contributed by atoms with Crippen LogP contribution in [-0.2, 0) is 16.5 Å².